The molecule has 108 valence electrons. The van der Waals surface area contributed by atoms with Gasteiger partial charge in [0.25, 0.3) is 0 Å². The predicted molar refractivity (Wildman–Crippen MR) is 75.7 cm³/mol. The summed E-state index contributed by atoms with van der Waals surface area (Å²) in [5, 5.41) is 3.26. The highest BCUT2D eigenvalue weighted by Crippen LogP contribution is 2.26. The number of likely N-dealkylation sites (N-methyl/N-ethyl adjacent to an activating group) is 1. The van der Waals surface area contributed by atoms with Gasteiger partial charge in [0.1, 0.15) is 11.6 Å². The molecule has 1 saturated heterocycles. The topological polar surface area (TPSA) is 15.3 Å². The summed E-state index contributed by atoms with van der Waals surface area (Å²) in [5.74, 6) is -0.698. The van der Waals surface area contributed by atoms with Crippen LogP contribution < -0.4 is 5.32 Å². The normalized spacial score (nSPS) is 21.8. The quantitative estimate of drug-likeness (QED) is 0.920. The lowest BCUT2D eigenvalue weighted by molar-refractivity contribution is 0.146. The Bertz CT molecular complexity index is 414. The number of piperidine rings is 1. The van der Waals surface area contributed by atoms with E-state index < -0.39 is 0 Å². The number of likely N-dealkylation sites (tertiary alicyclic amines) is 1. The lowest BCUT2D eigenvalue weighted by Gasteiger charge is -2.37. The molecule has 1 aromatic carbocycles. The Morgan fingerprint density at radius 3 is 2.79 bits per heavy atom. The van der Waals surface area contributed by atoms with E-state index in [1.807, 2.05) is 14.0 Å². The van der Waals surface area contributed by atoms with Crippen LogP contribution in [-0.2, 0) is 0 Å². The second-order valence-corrected chi connectivity index (χ2v) is 4.96. The van der Waals surface area contributed by atoms with Gasteiger partial charge >= 0.3 is 0 Å². The summed E-state index contributed by atoms with van der Waals surface area (Å²) >= 11 is 0. The Morgan fingerprint density at radius 1 is 1.37 bits per heavy atom. The van der Waals surface area contributed by atoms with Crippen molar-refractivity contribution in [1.29, 1.82) is 0 Å². The van der Waals surface area contributed by atoms with Crippen LogP contribution in [0.2, 0.25) is 0 Å². The molecule has 19 heavy (non-hydrogen) atoms. The van der Waals surface area contributed by atoms with Crippen molar-refractivity contribution in [3.63, 3.8) is 0 Å². The molecule has 0 aromatic heterocycles. The molecule has 5 heteroatoms. The highest BCUT2D eigenvalue weighted by Gasteiger charge is 2.25. The van der Waals surface area contributed by atoms with Crippen LogP contribution in [0.15, 0.2) is 18.2 Å². The van der Waals surface area contributed by atoms with E-state index in [0.29, 0.717) is 11.6 Å². The Labute approximate surface area is 119 Å². The first kappa shape index (κ1) is 16.3. The van der Waals surface area contributed by atoms with Gasteiger partial charge in [0.05, 0.1) is 0 Å². The second-order valence-electron chi connectivity index (χ2n) is 4.96. The fourth-order valence-electron chi connectivity index (χ4n) is 2.63. The Morgan fingerprint density at radius 2 is 2.11 bits per heavy atom. The van der Waals surface area contributed by atoms with Gasteiger partial charge in [0.15, 0.2) is 0 Å². The van der Waals surface area contributed by atoms with Crippen molar-refractivity contribution in [2.45, 2.75) is 31.8 Å². The van der Waals surface area contributed by atoms with E-state index in [1.54, 1.807) is 0 Å². The number of nitrogens with zero attached hydrogens (tertiary/aromatic N) is 1. The molecule has 0 radical (unpaired) electrons. The fraction of sp³-hybridized carbons (Fsp3) is 0.571. The van der Waals surface area contributed by atoms with Crippen molar-refractivity contribution in [1.82, 2.24) is 10.2 Å². The van der Waals surface area contributed by atoms with E-state index in [0.717, 1.165) is 32.0 Å². The molecule has 0 saturated carbocycles. The zero-order chi connectivity index (χ0) is 13.1. The Kier molecular flexibility index (Phi) is 6.17. The Hall–Kier alpha value is -0.710. The number of benzene rings is 1. The van der Waals surface area contributed by atoms with Gasteiger partial charge in [-0.1, -0.05) is 0 Å². The molecule has 1 aliphatic rings. The molecular weight excluding hydrogens is 270 g/mol. The van der Waals surface area contributed by atoms with Gasteiger partial charge < -0.3 is 5.32 Å². The van der Waals surface area contributed by atoms with Gasteiger partial charge in [-0.15, -0.1) is 12.4 Å². The van der Waals surface area contributed by atoms with Crippen LogP contribution in [0.4, 0.5) is 8.78 Å². The number of rotatable bonds is 3. The molecule has 0 amide bonds. The summed E-state index contributed by atoms with van der Waals surface area (Å²) in [6.07, 6.45) is 2.23. The van der Waals surface area contributed by atoms with Crippen LogP contribution >= 0.6 is 12.4 Å². The minimum Gasteiger partial charge on any atom is -0.316 e. The Balaban J connectivity index is 0.00000180. The second kappa shape index (κ2) is 7.17. The predicted octanol–water partition coefficient (Wildman–Crippen LogP) is 3.13. The zero-order valence-electron chi connectivity index (χ0n) is 11.3. The maximum atomic E-state index is 13.7. The highest BCUT2D eigenvalue weighted by molar-refractivity contribution is 5.85. The average molecular weight is 291 g/mol. The standard InChI is InChI=1S/C14H20F2N2.ClH/c1-10(13-8-11(15)5-6-14(13)16)18-7-3-4-12(9-18)17-2;/h5-6,8,10,12,17H,3-4,7,9H2,1-2H3;1H. The van der Waals surface area contributed by atoms with E-state index in [-0.39, 0.29) is 30.1 Å². The van der Waals surface area contributed by atoms with Crippen LogP contribution in [-0.4, -0.2) is 31.1 Å². The number of hydrogen-bond acceptors (Lipinski definition) is 2. The lowest BCUT2D eigenvalue weighted by Crippen LogP contribution is -2.45. The smallest absolute Gasteiger partial charge is 0.128 e. The van der Waals surface area contributed by atoms with Crippen molar-refractivity contribution in [2.24, 2.45) is 0 Å². The van der Waals surface area contributed by atoms with E-state index in [2.05, 4.69) is 10.2 Å². The summed E-state index contributed by atoms with van der Waals surface area (Å²) in [5.41, 5.74) is 0.451. The first-order valence-electron chi connectivity index (χ1n) is 6.48. The maximum Gasteiger partial charge on any atom is 0.128 e. The zero-order valence-corrected chi connectivity index (χ0v) is 12.1. The van der Waals surface area contributed by atoms with Crippen LogP contribution in [0.5, 0.6) is 0 Å². The summed E-state index contributed by atoms with van der Waals surface area (Å²) in [6.45, 7) is 3.76. The summed E-state index contributed by atoms with van der Waals surface area (Å²) in [7, 11) is 1.95. The largest absolute Gasteiger partial charge is 0.316 e. The van der Waals surface area contributed by atoms with Gasteiger partial charge in [0.2, 0.25) is 0 Å². The van der Waals surface area contributed by atoms with Crippen molar-refractivity contribution >= 4 is 12.4 Å². The molecule has 1 aliphatic heterocycles. The molecule has 0 spiro atoms. The molecule has 0 bridgehead atoms. The molecule has 2 rings (SSSR count). The third kappa shape index (κ3) is 3.88. The molecule has 2 atom stereocenters. The van der Waals surface area contributed by atoms with Crippen molar-refractivity contribution in [2.75, 3.05) is 20.1 Å². The van der Waals surface area contributed by atoms with Crippen LogP contribution in [0.25, 0.3) is 0 Å². The van der Waals surface area contributed by atoms with Crippen LogP contribution in [0, 0.1) is 11.6 Å². The van der Waals surface area contributed by atoms with Gasteiger partial charge in [-0.3, -0.25) is 4.90 Å². The van der Waals surface area contributed by atoms with E-state index in [9.17, 15) is 8.78 Å². The highest BCUT2D eigenvalue weighted by atomic mass is 35.5. The molecule has 1 fully saturated rings. The molecule has 0 aliphatic carbocycles. The SMILES string of the molecule is CNC1CCCN(C(C)c2cc(F)ccc2F)C1.Cl. The van der Waals surface area contributed by atoms with Gasteiger partial charge in [-0.05, 0) is 51.6 Å². The molecule has 1 aromatic rings. The average Bonchev–Trinajstić information content (AvgIpc) is 2.41. The van der Waals surface area contributed by atoms with Gasteiger partial charge in [-0.2, -0.15) is 0 Å². The first-order chi connectivity index (χ1) is 8.61. The van der Waals surface area contributed by atoms with Gasteiger partial charge in [0, 0.05) is 24.2 Å². The van der Waals surface area contributed by atoms with E-state index in [1.165, 1.54) is 12.1 Å². The van der Waals surface area contributed by atoms with E-state index >= 15 is 0 Å². The van der Waals surface area contributed by atoms with Crippen molar-refractivity contribution < 1.29 is 8.78 Å². The van der Waals surface area contributed by atoms with Crippen molar-refractivity contribution in [3.05, 3.63) is 35.4 Å². The monoisotopic (exact) mass is 290 g/mol. The fourth-order valence-corrected chi connectivity index (χ4v) is 2.63. The summed E-state index contributed by atoms with van der Waals surface area (Å²) in [6, 6.07) is 4.04. The number of nitrogens with one attached hydrogen (secondary N) is 1. The van der Waals surface area contributed by atoms with Gasteiger partial charge in [-0.25, -0.2) is 8.78 Å². The van der Waals surface area contributed by atoms with Crippen molar-refractivity contribution in [3.8, 4) is 0 Å². The third-order valence-corrected chi connectivity index (χ3v) is 3.82. The summed E-state index contributed by atoms with van der Waals surface area (Å²) < 4.78 is 27.0. The molecule has 1 N–H and O–H groups in total. The van der Waals surface area contributed by atoms with E-state index in [4.69, 9.17) is 0 Å². The summed E-state index contributed by atoms with van der Waals surface area (Å²) in [4.78, 5) is 2.21. The molecular formula is C14H21ClF2N2. The molecule has 2 nitrogen and oxygen atoms in total. The minimum absolute atomic E-state index is 0. The van der Waals surface area contributed by atoms with Crippen LogP contribution in [0.1, 0.15) is 31.4 Å². The first-order valence-corrected chi connectivity index (χ1v) is 6.48. The minimum atomic E-state index is -0.375. The number of hydrogen-bond donors (Lipinski definition) is 1. The van der Waals surface area contributed by atoms with Crippen LogP contribution in [0.3, 0.4) is 0 Å². The molecule has 1 heterocycles. The third-order valence-electron chi connectivity index (χ3n) is 3.82. The number of halogens is 3. The molecule has 2 unspecified atom stereocenters. The maximum absolute atomic E-state index is 13.7. The lowest BCUT2D eigenvalue weighted by atomic mass is 10.00.